The van der Waals surface area contributed by atoms with Gasteiger partial charge in [0, 0.05) is 24.2 Å². The first-order chi connectivity index (χ1) is 20.1. The number of rotatable bonds is 10. The Labute approximate surface area is 242 Å². The lowest BCUT2D eigenvalue weighted by Crippen LogP contribution is -2.61. The summed E-state index contributed by atoms with van der Waals surface area (Å²) < 4.78 is 14.9. The van der Waals surface area contributed by atoms with Gasteiger partial charge in [-0.1, -0.05) is 34.7 Å². The average molecular weight is 589 g/mol. The van der Waals surface area contributed by atoms with Crippen LogP contribution >= 0.6 is 0 Å². The summed E-state index contributed by atoms with van der Waals surface area (Å²) in [5, 5.41) is 57.3. The highest BCUT2D eigenvalue weighted by Gasteiger charge is 2.42. The highest BCUT2D eigenvalue weighted by Crippen LogP contribution is 2.23. The van der Waals surface area contributed by atoms with Crippen molar-refractivity contribution in [1.82, 2.24) is 30.0 Å². The van der Waals surface area contributed by atoms with Crippen LogP contribution in [0, 0.1) is 0 Å². The van der Waals surface area contributed by atoms with Crippen LogP contribution in [0.3, 0.4) is 0 Å². The predicted molar refractivity (Wildman–Crippen MR) is 147 cm³/mol. The van der Waals surface area contributed by atoms with Gasteiger partial charge in [-0.2, -0.15) is 0 Å². The molecule has 0 spiro atoms. The number of aliphatic hydroxyl groups excluding tert-OH is 4. The van der Waals surface area contributed by atoms with E-state index in [0.29, 0.717) is 37.3 Å². The third-order valence-electron chi connectivity index (χ3n) is 7.88. The molecule has 12 N–H and O–H groups in total. The van der Waals surface area contributed by atoms with Crippen LogP contribution in [0.5, 0.6) is 0 Å². The van der Waals surface area contributed by atoms with Crippen molar-refractivity contribution in [2.75, 3.05) is 0 Å². The zero-order valence-corrected chi connectivity index (χ0v) is 23.1. The summed E-state index contributed by atoms with van der Waals surface area (Å²) in [6.45, 7) is 1.09. The second kappa shape index (κ2) is 13.2. The van der Waals surface area contributed by atoms with Crippen molar-refractivity contribution >= 4 is 0 Å². The molecule has 2 fully saturated rings. The van der Waals surface area contributed by atoms with Crippen molar-refractivity contribution in [3.05, 3.63) is 59.2 Å². The number of aromatic nitrogens is 6. The molecular weight excluding hydrogens is 548 g/mol. The maximum atomic E-state index is 10.3. The number of hydrogen-bond acceptors (Lipinski definition) is 14. The highest BCUT2D eigenvalue weighted by atomic mass is 16.5. The normalized spacial score (nSPS) is 33.6. The lowest BCUT2D eigenvalue weighted by atomic mass is 9.85. The number of aliphatic hydroxyl groups is 4. The fourth-order valence-corrected chi connectivity index (χ4v) is 5.55. The Kier molecular flexibility index (Phi) is 9.58. The van der Waals surface area contributed by atoms with Crippen LogP contribution in [-0.4, -0.2) is 111 Å². The van der Waals surface area contributed by atoms with E-state index in [9.17, 15) is 20.4 Å². The fraction of sp³-hybridized carbons (Fsp3) is 0.615. The molecule has 230 valence electrons. The second-order valence-corrected chi connectivity index (χ2v) is 11.3. The Morgan fingerprint density at radius 1 is 0.667 bits per heavy atom. The minimum absolute atomic E-state index is 0.0789. The average Bonchev–Trinajstić information content (AvgIpc) is 3.59. The lowest BCUT2D eigenvalue weighted by molar-refractivity contribution is -0.132. The Bertz CT molecular complexity index is 1210. The van der Waals surface area contributed by atoms with E-state index < -0.39 is 60.8 Å². The summed E-state index contributed by atoms with van der Waals surface area (Å²) >= 11 is 0. The lowest BCUT2D eigenvalue weighted by Gasteiger charge is -2.39. The van der Waals surface area contributed by atoms with Gasteiger partial charge in [-0.3, -0.25) is 0 Å². The van der Waals surface area contributed by atoms with Gasteiger partial charge in [0.2, 0.25) is 0 Å². The number of hydrogen-bond donors (Lipinski definition) is 8. The third kappa shape index (κ3) is 7.00. The van der Waals surface area contributed by atoms with Crippen molar-refractivity contribution in [2.24, 2.45) is 22.9 Å². The summed E-state index contributed by atoms with van der Waals surface area (Å²) in [5.41, 5.74) is 26.9. The predicted octanol–water partition coefficient (Wildman–Crippen LogP) is -3.70. The van der Waals surface area contributed by atoms with Crippen LogP contribution in [0.4, 0.5) is 0 Å². The molecule has 0 amide bonds. The highest BCUT2D eigenvalue weighted by molar-refractivity contribution is 5.24. The number of nitrogens with two attached hydrogens (primary N) is 4. The number of ether oxygens (including phenoxy) is 2. The van der Waals surface area contributed by atoms with Crippen molar-refractivity contribution in [3.63, 3.8) is 0 Å². The zero-order chi connectivity index (χ0) is 30.0. The standard InChI is InChI=1S/C26H40N10O6/c27-17-5-19(29)25(23(39)21(17)37)41-11-15-9-35(33-31-15)7-13-2-1-3-14(4-13)8-36-10-16(32-34-36)12-42-26-20(30)6-18(28)22(38)24(26)40/h1-4,9-10,17-26,37-40H,5-8,11-12,27-30H2/t17-,18-,19+,20+,21+,22?,23-,24-,25-,26-/m1/s1. The van der Waals surface area contributed by atoms with Crippen molar-refractivity contribution in [3.8, 4) is 0 Å². The first-order valence-electron chi connectivity index (χ1n) is 13.9. The van der Waals surface area contributed by atoms with Crippen LogP contribution in [0.2, 0.25) is 0 Å². The summed E-state index contributed by atoms with van der Waals surface area (Å²) in [7, 11) is 0. The maximum absolute atomic E-state index is 10.3. The molecule has 10 atom stereocenters. The van der Waals surface area contributed by atoms with E-state index in [4.69, 9.17) is 32.4 Å². The first-order valence-corrected chi connectivity index (χ1v) is 13.9. The van der Waals surface area contributed by atoms with E-state index in [1.807, 2.05) is 24.3 Å². The van der Waals surface area contributed by atoms with Gasteiger partial charge in [0.05, 0.1) is 50.9 Å². The number of nitrogens with zero attached hydrogens (tertiary/aromatic N) is 6. The molecule has 2 heterocycles. The van der Waals surface area contributed by atoms with Crippen LogP contribution in [0.15, 0.2) is 36.7 Å². The maximum Gasteiger partial charge on any atom is 0.109 e. The fourth-order valence-electron chi connectivity index (χ4n) is 5.55. The Morgan fingerprint density at radius 2 is 1.10 bits per heavy atom. The minimum Gasteiger partial charge on any atom is -0.389 e. The summed E-state index contributed by atoms with van der Waals surface area (Å²) in [5.74, 6) is 0. The van der Waals surface area contributed by atoms with Crippen LogP contribution in [0.1, 0.15) is 35.4 Å². The monoisotopic (exact) mass is 588 g/mol. The van der Waals surface area contributed by atoms with Gasteiger partial charge in [-0.25, -0.2) is 9.36 Å². The zero-order valence-electron chi connectivity index (χ0n) is 23.1. The molecule has 0 saturated heterocycles. The molecule has 0 radical (unpaired) electrons. The van der Waals surface area contributed by atoms with Gasteiger partial charge in [0.25, 0.3) is 0 Å². The molecule has 16 nitrogen and oxygen atoms in total. The Morgan fingerprint density at radius 3 is 1.52 bits per heavy atom. The van der Waals surface area contributed by atoms with E-state index in [0.717, 1.165) is 11.1 Å². The molecular formula is C26H40N10O6. The molecule has 1 unspecified atom stereocenters. The molecule has 16 heteroatoms. The molecule has 0 aliphatic heterocycles. The van der Waals surface area contributed by atoms with Gasteiger partial charge >= 0.3 is 0 Å². The van der Waals surface area contributed by atoms with Crippen LogP contribution in [-0.2, 0) is 35.8 Å². The Balaban J connectivity index is 1.12. The first kappa shape index (κ1) is 30.6. The number of benzene rings is 1. The van der Waals surface area contributed by atoms with E-state index >= 15 is 0 Å². The molecule has 5 rings (SSSR count). The smallest absolute Gasteiger partial charge is 0.109 e. The molecule has 0 bridgehead atoms. The van der Waals surface area contributed by atoms with Gasteiger partial charge in [-0.15, -0.1) is 10.2 Å². The van der Waals surface area contributed by atoms with Crippen molar-refractivity contribution < 1.29 is 29.9 Å². The Hall–Kier alpha value is -2.90. The molecule has 2 aromatic heterocycles. The van der Waals surface area contributed by atoms with Gasteiger partial charge in [0.15, 0.2) is 0 Å². The van der Waals surface area contributed by atoms with Gasteiger partial charge < -0.3 is 52.8 Å². The van der Waals surface area contributed by atoms with Gasteiger partial charge in [-0.05, 0) is 24.0 Å². The van der Waals surface area contributed by atoms with E-state index in [2.05, 4.69) is 20.6 Å². The molecule has 3 aromatic rings. The SMILES string of the molecule is N[C@@H]1C[C@H](N)[C@@H](OCc2cn(Cc3cccc(Cn4cc(CO[C@H]5[C@H](O)[C@@H](O)[C@H](N)C[C@@H]5N)nn4)c3)nn2)[C@H](O)C1O. The van der Waals surface area contributed by atoms with E-state index in [1.54, 1.807) is 21.8 Å². The second-order valence-electron chi connectivity index (χ2n) is 11.3. The summed E-state index contributed by atoms with van der Waals surface area (Å²) in [6, 6.07) is 5.73. The van der Waals surface area contributed by atoms with Gasteiger partial charge in [0.1, 0.15) is 35.8 Å². The quantitative estimate of drug-likeness (QED) is 0.113. The molecule has 2 saturated carbocycles. The molecule has 2 aliphatic rings. The van der Waals surface area contributed by atoms with Crippen LogP contribution < -0.4 is 22.9 Å². The third-order valence-corrected chi connectivity index (χ3v) is 7.88. The van der Waals surface area contributed by atoms with E-state index in [1.165, 1.54) is 0 Å². The van der Waals surface area contributed by atoms with Crippen molar-refractivity contribution in [2.45, 2.75) is 99.9 Å². The van der Waals surface area contributed by atoms with Crippen LogP contribution in [0.25, 0.3) is 0 Å². The summed E-state index contributed by atoms with van der Waals surface area (Å²) in [4.78, 5) is 0. The van der Waals surface area contributed by atoms with E-state index in [-0.39, 0.29) is 13.2 Å². The topological polar surface area (TPSA) is 265 Å². The molecule has 2 aliphatic carbocycles. The minimum atomic E-state index is -1.17. The molecule has 42 heavy (non-hydrogen) atoms. The molecule has 1 aromatic carbocycles. The summed E-state index contributed by atoms with van der Waals surface area (Å²) in [6.07, 6.45) is -1.87. The van der Waals surface area contributed by atoms with Crippen molar-refractivity contribution in [1.29, 1.82) is 0 Å². The largest absolute Gasteiger partial charge is 0.389 e.